The molecule has 1 aromatic carbocycles. The van der Waals surface area contributed by atoms with E-state index in [0.29, 0.717) is 10.6 Å². The molecule has 2 rings (SSSR count). The maximum atomic E-state index is 12.9. The van der Waals surface area contributed by atoms with E-state index in [9.17, 15) is 8.60 Å². The van der Waals surface area contributed by atoms with Crippen LogP contribution in [0, 0.1) is 5.82 Å². The van der Waals surface area contributed by atoms with Crippen LogP contribution in [0.5, 0.6) is 0 Å². The molecule has 94 valence electrons. The Morgan fingerprint density at radius 2 is 2.11 bits per heavy atom. The fraction of sp³-hybridized carbons (Fsp3) is 0.0833. The van der Waals surface area contributed by atoms with E-state index >= 15 is 0 Å². The number of nitrogens with two attached hydrogens (primary N) is 1. The number of halogens is 2. The van der Waals surface area contributed by atoms with Crippen LogP contribution < -0.4 is 5.73 Å². The molecule has 0 spiro atoms. The summed E-state index contributed by atoms with van der Waals surface area (Å²) in [5.41, 5.74) is 6.68. The average molecular weight is 329 g/mol. The first kappa shape index (κ1) is 13.2. The van der Waals surface area contributed by atoms with Gasteiger partial charge in [-0.3, -0.25) is 9.19 Å². The van der Waals surface area contributed by atoms with Crippen LogP contribution in [-0.4, -0.2) is 9.19 Å². The average Bonchev–Trinajstić information content (AvgIpc) is 2.28. The van der Waals surface area contributed by atoms with Gasteiger partial charge in [0, 0.05) is 16.9 Å². The van der Waals surface area contributed by atoms with Crippen molar-refractivity contribution in [3.05, 3.63) is 52.5 Å². The van der Waals surface area contributed by atoms with Crippen molar-refractivity contribution in [2.45, 2.75) is 10.6 Å². The molecule has 0 amide bonds. The van der Waals surface area contributed by atoms with Crippen molar-refractivity contribution in [3.8, 4) is 0 Å². The first-order chi connectivity index (χ1) is 8.56. The lowest BCUT2D eigenvalue weighted by molar-refractivity contribution is 0.627. The topological polar surface area (TPSA) is 56.0 Å². The minimum atomic E-state index is -1.32. The molecule has 0 aliphatic heterocycles. The normalized spacial score (nSPS) is 12.3. The van der Waals surface area contributed by atoms with Crippen LogP contribution in [0.25, 0.3) is 0 Å². The number of anilines is 1. The number of pyridine rings is 1. The van der Waals surface area contributed by atoms with Gasteiger partial charge in [0.05, 0.1) is 27.1 Å². The summed E-state index contributed by atoms with van der Waals surface area (Å²) in [7, 11) is -1.32. The molecular weight excluding hydrogens is 319 g/mol. The molecule has 2 aromatic rings. The largest absolute Gasteiger partial charge is 0.398 e. The SMILES string of the molecule is Nc1cc(F)ccc1S(=O)Cc1cncc(Br)c1. The molecule has 0 saturated heterocycles. The maximum Gasteiger partial charge on any atom is 0.125 e. The molecule has 0 radical (unpaired) electrons. The van der Waals surface area contributed by atoms with Crippen molar-refractivity contribution in [1.82, 2.24) is 4.98 Å². The molecule has 0 bridgehead atoms. The number of nitrogen functional groups attached to an aromatic ring is 1. The summed E-state index contributed by atoms with van der Waals surface area (Å²) in [6.45, 7) is 0. The van der Waals surface area contributed by atoms with Crippen molar-refractivity contribution in [2.75, 3.05) is 5.73 Å². The van der Waals surface area contributed by atoms with Crippen molar-refractivity contribution < 1.29 is 8.60 Å². The van der Waals surface area contributed by atoms with Gasteiger partial charge >= 0.3 is 0 Å². The first-order valence-corrected chi connectivity index (χ1v) is 7.20. The molecule has 1 heterocycles. The molecule has 0 fully saturated rings. The third-order valence-corrected chi connectivity index (χ3v) is 4.17. The number of rotatable bonds is 3. The highest BCUT2D eigenvalue weighted by Crippen LogP contribution is 2.21. The lowest BCUT2D eigenvalue weighted by atomic mass is 10.3. The van der Waals surface area contributed by atoms with Crippen LogP contribution in [0.3, 0.4) is 0 Å². The lowest BCUT2D eigenvalue weighted by Crippen LogP contribution is -2.01. The third-order valence-electron chi connectivity index (χ3n) is 2.28. The van der Waals surface area contributed by atoms with Crippen LogP contribution in [-0.2, 0) is 16.6 Å². The maximum absolute atomic E-state index is 12.9. The second kappa shape index (κ2) is 5.58. The Hall–Kier alpha value is -1.27. The molecule has 0 saturated carbocycles. The summed E-state index contributed by atoms with van der Waals surface area (Å²) in [5, 5.41) is 0. The zero-order chi connectivity index (χ0) is 13.1. The zero-order valence-electron chi connectivity index (χ0n) is 9.27. The number of aromatic nitrogens is 1. The molecule has 1 aromatic heterocycles. The van der Waals surface area contributed by atoms with E-state index in [4.69, 9.17) is 5.73 Å². The predicted octanol–water partition coefficient (Wildman–Crippen LogP) is 2.87. The Kier molecular flexibility index (Phi) is 4.08. The fourth-order valence-corrected chi connectivity index (χ4v) is 3.06. The van der Waals surface area contributed by atoms with Gasteiger partial charge in [0.1, 0.15) is 5.82 Å². The van der Waals surface area contributed by atoms with Gasteiger partial charge in [-0.1, -0.05) is 0 Å². The van der Waals surface area contributed by atoms with E-state index in [2.05, 4.69) is 20.9 Å². The standard InChI is InChI=1S/C12H10BrFN2OS/c13-9-3-8(5-16-6-9)7-18(17)12-2-1-10(14)4-11(12)15/h1-6H,7,15H2. The van der Waals surface area contributed by atoms with Gasteiger partial charge in [-0.05, 0) is 45.8 Å². The monoisotopic (exact) mass is 328 g/mol. The molecule has 3 nitrogen and oxygen atoms in total. The van der Waals surface area contributed by atoms with Crippen LogP contribution in [0.1, 0.15) is 5.56 Å². The Morgan fingerprint density at radius 1 is 1.33 bits per heavy atom. The molecule has 1 unspecified atom stereocenters. The highest BCUT2D eigenvalue weighted by Gasteiger charge is 2.10. The second-order valence-corrected chi connectivity index (χ2v) is 6.02. The minimum absolute atomic E-state index is 0.205. The van der Waals surface area contributed by atoms with E-state index in [0.717, 1.165) is 10.0 Å². The molecule has 18 heavy (non-hydrogen) atoms. The van der Waals surface area contributed by atoms with E-state index in [1.807, 2.05) is 6.07 Å². The van der Waals surface area contributed by atoms with Gasteiger partial charge < -0.3 is 5.73 Å². The van der Waals surface area contributed by atoms with E-state index < -0.39 is 16.6 Å². The number of benzene rings is 1. The molecule has 0 aliphatic carbocycles. The third kappa shape index (κ3) is 3.14. The zero-order valence-corrected chi connectivity index (χ0v) is 11.7. The summed E-state index contributed by atoms with van der Waals surface area (Å²) >= 11 is 3.30. The fourth-order valence-electron chi connectivity index (χ4n) is 1.49. The smallest absolute Gasteiger partial charge is 0.125 e. The van der Waals surface area contributed by atoms with E-state index in [-0.39, 0.29) is 5.69 Å². The van der Waals surface area contributed by atoms with Crippen LogP contribution in [0.2, 0.25) is 0 Å². The Balaban J connectivity index is 2.22. The predicted molar refractivity (Wildman–Crippen MR) is 72.9 cm³/mol. The Labute approximate surface area is 115 Å². The number of hydrogen-bond donors (Lipinski definition) is 1. The van der Waals surface area contributed by atoms with Crippen molar-refractivity contribution in [3.63, 3.8) is 0 Å². The van der Waals surface area contributed by atoms with Gasteiger partial charge in [0.25, 0.3) is 0 Å². The molecular formula is C12H10BrFN2OS. The summed E-state index contributed by atoms with van der Waals surface area (Å²) in [4.78, 5) is 4.44. The van der Waals surface area contributed by atoms with Gasteiger partial charge in [-0.15, -0.1) is 0 Å². The summed E-state index contributed by atoms with van der Waals surface area (Å²) < 4.78 is 25.8. The summed E-state index contributed by atoms with van der Waals surface area (Å²) in [6.07, 6.45) is 3.29. The number of hydrogen-bond acceptors (Lipinski definition) is 3. The Bertz CT molecular complexity index is 606. The molecule has 2 N–H and O–H groups in total. The van der Waals surface area contributed by atoms with E-state index in [1.54, 1.807) is 12.4 Å². The van der Waals surface area contributed by atoms with Crippen molar-refractivity contribution in [2.24, 2.45) is 0 Å². The first-order valence-electron chi connectivity index (χ1n) is 5.09. The van der Waals surface area contributed by atoms with Gasteiger partial charge in [0.2, 0.25) is 0 Å². The number of nitrogens with zero attached hydrogens (tertiary/aromatic N) is 1. The lowest BCUT2D eigenvalue weighted by Gasteiger charge is -2.06. The quantitative estimate of drug-likeness (QED) is 0.881. The van der Waals surface area contributed by atoms with Gasteiger partial charge in [-0.2, -0.15) is 0 Å². The highest BCUT2D eigenvalue weighted by atomic mass is 79.9. The van der Waals surface area contributed by atoms with Gasteiger partial charge in [0.15, 0.2) is 0 Å². The van der Waals surface area contributed by atoms with Gasteiger partial charge in [-0.25, -0.2) is 4.39 Å². The van der Waals surface area contributed by atoms with Crippen molar-refractivity contribution >= 4 is 32.4 Å². The summed E-state index contributed by atoms with van der Waals surface area (Å²) in [6, 6.07) is 5.71. The second-order valence-electron chi connectivity index (χ2n) is 3.68. The van der Waals surface area contributed by atoms with Crippen LogP contribution in [0.15, 0.2) is 46.0 Å². The molecule has 0 aliphatic rings. The highest BCUT2D eigenvalue weighted by molar-refractivity contribution is 9.10. The van der Waals surface area contributed by atoms with Crippen LogP contribution >= 0.6 is 15.9 Å². The minimum Gasteiger partial charge on any atom is -0.398 e. The van der Waals surface area contributed by atoms with Crippen LogP contribution in [0.4, 0.5) is 10.1 Å². The van der Waals surface area contributed by atoms with Crippen molar-refractivity contribution in [1.29, 1.82) is 0 Å². The Morgan fingerprint density at radius 3 is 2.78 bits per heavy atom. The molecule has 6 heteroatoms. The summed E-state index contributed by atoms with van der Waals surface area (Å²) in [5.74, 6) is -0.139. The molecule has 1 atom stereocenters. The van der Waals surface area contributed by atoms with E-state index in [1.165, 1.54) is 18.2 Å².